The molecule has 0 aliphatic carbocycles. The Morgan fingerprint density at radius 1 is 1.45 bits per heavy atom. The van der Waals surface area contributed by atoms with Gasteiger partial charge in [-0.25, -0.2) is 0 Å². The fourth-order valence-corrected chi connectivity index (χ4v) is 2.30. The highest BCUT2D eigenvalue weighted by Gasteiger charge is 2.31. The van der Waals surface area contributed by atoms with Crippen LogP contribution in [0, 0.1) is 0 Å². The molecule has 112 valence electrons. The number of halogens is 3. The van der Waals surface area contributed by atoms with Crippen molar-refractivity contribution in [3.05, 3.63) is 29.3 Å². The number of hydrogen-bond acceptors (Lipinski definition) is 3. The molecule has 0 bridgehead atoms. The average molecular weight is 324 g/mol. The predicted octanol–water partition coefficient (Wildman–Crippen LogP) is 2.52. The first-order valence-corrected chi connectivity index (χ1v) is 7.90. The molecule has 0 amide bonds. The zero-order valence-electron chi connectivity index (χ0n) is 10.8. The van der Waals surface area contributed by atoms with Crippen LogP contribution in [0.15, 0.2) is 18.2 Å². The van der Waals surface area contributed by atoms with Crippen LogP contribution in [0.3, 0.4) is 0 Å². The summed E-state index contributed by atoms with van der Waals surface area (Å²) in [5, 5.41) is 2.96. The molecule has 0 heterocycles. The molecule has 1 rings (SSSR count). The second-order valence-electron chi connectivity index (χ2n) is 4.18. The fourth-order valence-electron chi connectivity index (χ4n) is 1.58. The van der Waals surface area contributed by atoms with Crippen molar-refractivity contribution in [2.24, 2.45) is 5.73 Å². The smallest absolute Gasteiger partial charge is 0.389 e. The van der Waals surface area contributed by atoms with E-state index in [1.54, 1.807) is 6.26 Å². The molecule has 1 aromatic rings. The molecule has 0 radical (unpaired) electrons. The molecule has 1 aromatic carbocycles. The summed E-state index contributed by atoms with van der Waals surface area (Å²) in [4.78, 5) is -0.0994. The van der Waals surface area contributed by atoms with Gasteiger partial charge in [-0.2, -0.15) is 13.2 Å². The van der Waals surface area contributed by atoms with Crippen LogP contribution in [0.25, 0.3) is 0 Å². The molecule has 8 heteroatoms. The second-order valence-corrected chi connectivity index (χ2v) is 6.17. The van der Waals surface area contributed by atoms with Crippen molar-refractivity contribution in [3.63, 3.8) is 0 Å². The van der Waals surface area contributed by atoms with E-state index in [9.17, 15) is 17.4 Å². The van der Waals surface area contributed by atoms with Crippen LogP contribution in [0.2, 0.25) is 0 Å². The fraction of sp³-hybridized carbons (Fsp3) is 0.417. The lowest BCUT2D eigenvalue weighted by atomic mass is 10.1. The van der Waals surface area contributed by atoms with Gasteiger partial charge in [-0.1, -0.05) is 12.2 Å². The van der Waals surface area contributed by atoms with Crippen molar-refractivity contribution in [2.45, 2.75) is 12.6 Å². The van der Waals surface area contributed by atoms with Gasteiger partial charge in [0, 0.05) is 40.6 Å². The summed E-state index contributed by atoms with van der Waals surface area (Å²) in [6, 6.07) is 3.21. The maximum atomic E-state index is 12.6. The van der Waals surface area contributed by atoms with Crippen LogP contribution in [-0.2, 0) is 17.0 Å². The third kappa shape index (κ3) is 5.09. The molecule has 0 saturated heterocycles. The van der Waals surface area contributed by atoms with Crippen LogP contribution in [0.1, 0.15) is 17.5 Å². The predicted molar refractivity (Wildman–Crippen MR) is 79.4 cm³/mol. The first kappa shape index (κ1) is 16.9. The Balaban J connectivity index is 2.86. The van der Waals surface area contributed by atoms with E-state index in [0.717, 1.165) is 12.1 Å². The van der Waals surface area contributed by atoms with Crippen LogP contribution in [0.5, 0.6) is 0 Å². The Kier molecular flexibility index (Phi) is 5.94. The molecular formula is C12H15F3N2OS2. The largest absolute Gasteiger partial charge is 0.416 e. The molecule has 0 aliphatic rings. The molecule has 1 unspecified atom stereocenters. The lowest BCUT2D eigenvalue weighted by molar-refractivity contribution is -0.137. The van der Waals surface area contributed by atoms with Gasteiger partial charge in [-0.05, 0) is 24.6 Å². The Morgan fingerprint density at radius 2 is 2.10 bits per heavy atom. The summed E-state index contributed by atoms with van der Waals surface area (Å²) >= 11 is 4.77. The number of anilines is 1. The molecule has 0 spiro atoms. The van der Waals surface area contributed by atoms with Crippen LogP contribution in [-0.4, -0.2) is 27.8 Å². The third-order valence-corrected chi connectivity index (χ3v) is 3.62. The quantitative estimate of drug-likeness (QED) is 0.624. The van der Waals surface area contributed by atoms with E-state index in [1.165, 1.54) is 6.07 Å². The zero-order valence-corrected chi connectivity index (χ0v) is 12.4. The van der Waals surface area contributed by atoms with Gasteiger partial charge in [0.1, 0.15) is 4.99 Å². The summed E-state index contributed by atoms with van der Waals surface area (Å²) in [6.45, 7) is 0.487. The minimum Gasteiger partial charge on any atom is -0.389 e. The number of benzene rings is 1. The van der Waals surface area contributed by atoms with Crippen LogP contribution >= 0.6 is 12.2 Å². The summed E-state index contributed by atoms with van der Waals surface area (Å²) in [5.41, 5.74) is 5.27. The summed E-state index contributed by atoms with van der Waals surface area (Å²) < 4.78 is 48.8. The Labute approximate surface area is 123 Å². The van der Waals surface area contributed by atoms with E-state index in [0.29, 0.717) is 24.4 Å². The Morgan fingerprint density at radius 3 is 2.60 bits per heavy atom. The molecule has 3 N–H and O–H groups in total. The first-order valence-electron chi connectivity index (χ1n) is 5.76. The monoisotopic (exact) mass is 324 g/mol. The summed E-state index contributed by atoms with van der Waals surface area (Å²) in [7, 11) is -0.892. The first-order chi connectivity index (χ1) is 9.21. The van der Waals surface area contributed by atoms with Crippen LogP contribution < -0.4 is 11.1 Å². The highest BCUT2D eigenvalue weighted by Crippen LogP contribution is 2.31. The van der Waals surface area contributed by atoms with Gasteiger partial charge in [-0.3, -0.25) is 4.21 Å². The highest BCUT2D eigenvalue weighted by atomic mass is 32.2. The minimum absolute atomic E-state index is 0.0994. The lowest BCUT2D eigenvalue weighted by Crippen LogP contribution is -2.16. The van der Waals surface area contributed by atoms with Crippen molar-refractivity contribution in [1.29, 1.82) is 0 Å². The molecule has 0 aliphatic heterocycles. The normalized spacial score (nSPS) is 13.0. The van der Waals surface area contributed by atoms with Gasteiger partial charge >= 0.3 is 6.18 Å². The number of thiocarbonyl (C=S) groups is 1. The van der Waals surface area contributed by atoms with Gasteiger partial charge in [0.25, 0.3) is 0 Å². The van der Waals surface area contributed by atoms with E-state index in [-0.39, 0.29) is 10.6 Å². The van der Waals surface area contributed by atoms with Gasteiger partial charge < -0.3 is 11.1 Å². The SMILES string of the molecule is CS(=O)CCCNc1ccc(C(F)(F)F)cc1C(N)=S. The third-order valence-electron chi connectivity index (χ3n) is 2.54. The molecular weight excluding hydrogens is 309 g/mol. The van der Waals surface area contributed by atoms with Gasteiger partial charge in [0.15, 0.2) is 0 Å². The number of hydrogen-bond donors (Lipinski definition) is 2. The van der Waals surface area contributed by atoms with Crippen LogP contribution in [0.4, 0.5) is 18.9 Å². The molecule has 0 fully saturated rings. The topological polar surface area (TPSA) is 55.1 Å². The average Bonchev–Trinajstić information content (AvgIpc) is 2.33. The molecule has 0 aromatic heterocycles. The second kappa shape index (κ2) is 7.03. The zero-order chi connectivity index (χ0) is 15.3. The maximum absolute atomic E-state index is 12.6. The maximum Gasteiger partial charge on any atom is 0.416 e. The molecule has 20 heavy (non-hydrogen) atoms. The summed E-state index contributed by atoms with van der Waals surface area (Å²) in [6.07, 6.45) is -2.20. The Hall–Kier alpha value is -1.15. The molecule has 3 nitrogen and oxygen atoms in total. The highest BCUT2D eigenvalue weighted by molar-refractivity contribution is 7.84. The standard InChI is InChI=1S/C12H15F3N2OS2/c1-20(18)6-2-5-17-10-4-3-8(12(13,14)15)7-9(10)11(16)19/h3-4,7,17H,2,5-6H2,1H3,(H2,16,19). The Bertz CT molecular complexity index is 518. The van der Waals surface area contributed by atoms with E-state index in [1.807, 2.05) is 0 Å². The molecule has 1 atom stereocenters. The van der Waals surface area contributed by atoms with Crippen molar-refractivity contribution in [3.8, 4) is 0 Å². The molecule has 0 saturated carbocycles. The van der Waals surface area contributed by atoms with Gasteiger partial charge in [0.05, 0.1) is 5.56 Å². The minimum atomic E-state index is -4.43. The van der Waals surface area contributed by atoms with Crippen molar-refractivity contribution < 1.29 is 17.4 Å². The number of rotatable bonds is 6. The lowest BCUT2D eigenvalue weighted by Gasteiger charge is -2.14. The van der Waals surface area contributed by atoms with Crippen molar-refractivity contribution in [1.82, 2.24) is 0 Å². The van der Waals surface area contributed by atoms with E-state index in [2.05, 4.69) is 5.32 Å². The number of nitrogens with one attached hydrogen (secondary N) is 1. The number of nitrogens with two attached hydrogens (primary N) is 1. The van der Waals surface area contributed by atoms with E-state index in [4.69, 9.17) is 18.0 Å². The summed E-state index contributed by atoms with van der Waals surface area (Å²) in [5.74, 6) is 0.524. The van der Waals surface area contributed by atoms with Crippen molar-refractivity contribution >= 4 is 33.7 Å². The number of alkyl halides is 3. The van der Waals surface area contributed by atoms with E-state index >= 15 is 0 Å². The van der Waals surface area contributed by atoms with E-state index < -0.39 is 22.5 Å². The van der Waals surface area contributed by atoms with Gasteiger partial charge in [-0.15, -0.1) is 0 Å². The van der Waals surface area contributed by atoms with Gasteiger partial charge in [0.2, 0.25) is 0 Å². The van der Waals surface area contributed by atoms with Crippen molar-refractivity contribution in [2.75, 3.05) is 23.9 Å².